The van der Waals surface area contributed by atoms with Gasteiger partial charge in [-0.15, -0.1) is 0 Å². The lowest BCUT2D eigenvalue weighted by molar-refractivity contribution is 0.399. The molecule has 3 rings (SSSR count). The van der Waals surface area contributed by atoms with Crippen molar-refractivity contribution in [3.05, 3.63) is 30.5 Å². The Kier molecular flexibility index (Phi) is 4.11. The molecule has 0 aliphatic carbocycles. The van der Waals surface area contributed by atoms with Gasteiger partial charge in [0.1, 0.15) is 0 Å². The summed E-state index contributed by atoms with van der Waals surface area (Å²) in [5.74, 6) is 0.846. The molecule has 4 heteroatoms. The topological polar surface area (TPSA) is 41.0 Å². The third-order valence-corrected chi connectivity index (χ3v) is 3.99. The van der Waals surface area contributed by atoms with Crippen molar-refractivity contribution >= 4 is 16.9 Å². The second-order valence-corrected chi connectivity index (χ2v) is 5.41. The molecule has 2 aromatic rings. The first kappa shape index (κ1) is 13.3. The summed E-state index contributed by atoms with van der Waals surface area (Å²) in [6.07, 6.45) is 5.81. The summed E-state index contributed by atoms with van der Waals surface area (Å²) in [5, 5.41) is 4.69. The van der Waals surface area contributed by atoms with Crippen molar-refractivity contribution in [2.45, 2.75) is 32.2 Å². The van der Waals surface area contributed by atoms with Crippen LogP contribution in [0.4, 0.5) is 5.95 Å². The van der Waals surface area contributed by atoms with E-state index in [1.54, 1.807) is 0 Å². The molecule has 20 heavy (non-hydrogen) atoms. The third kappa shape index (κ3) is 2.90. The molecule has 1 atom stereocenters. The molecule has 0 radical (unpaired) electrons. The number of para-hydroxylation sites is 1. The minimum absolute atomic E-state index is 0.568. The van der Waals surface area contributed by atoms with Crippen LogP contribution in [0.3, 0.4) is 0 Å². The maximum atomic E-state index is 4.70. The maximum absolute atomic E-state index is 4.70. The van der Waals surface area contributed by atoms with Crippen LogP contribution in [0.15, 0.2) is 30.5 Å². The normalized spacial score (nSPS) is 19.1. The van der Waals surface area contributed by atoms with E-state index in [9.17, 15) is 0 Å². The zero-order valence-electron chi connectivity index (χ0n) is 12.0. The number of anilines is 1. The van der Waals surface area contributed by atoms with Crippen molar-refractivity contribution in [1.82, 2.24) is 15.3 Å². The van der Waals surface area contributed by atoms with Gasteiger partial charge in [-0.05, 0) is 32.4 Å². The number of nitrogens with one attached hydrogen (secondary N) is 1. The molecule has 0 saturated carbocycles. The first-order chi connectivity index (χ1) is 9.86. The minimum atomic E-state index is 0.568. The average Bonchev–Trinajstić information content (AvgIpc) is 2.53. The van der Waals surface area contributed by atoms with Gasteiger partial charge in [0.15, 0.2) is 0 Å². The Morgan fingerprint density at radius 2 is 2.20 bits per heavy atom. The number of nitrogens with zero attached hydrogens (tertiary/aromatic N) is 3. The Hall–Kier alpha value is -1.68. The molecular weight excluding hydrogens is 248 g/mol. The van der Waals surface area contributed by atoms with Crippen LogP contribution >= 0.6 is 0 Å². The minimum Gasteiger partial charge on any atom is -0.340 e. The van der Waals surface area contributed by atoms with Crippen LogP contribution < -0.4 is 10.2 Å². The van der Waals surface area contributed by atoms with Gasteiger partial charge in [0.25, 0.3) is 0 Å². The van der Waals surface area contributed by atoms with Crippen LogP contribution in [0.1, 0.15) is 26.2 Å². The van der Waals surface area contributed by atoms with Crippen molar-refractivity contribution < 1.29 is 0 Å². The van der Waals surface area contributed by atoms with E-state index >= 15 is 0 Å². The smallest absolute Gasteiger partial charge is 0.225 e. The van der Waals surface area contributed by atoms with Crippen LogP contribution in [0, 0.1) is 0 Å². The molecule has 0 bridgehead atoms. The summed E-state index contributed by atoms with van der Waals surface area (Å²) in [4.78, 5) is 11.5. The molecule has 1 aliphatic heterocycles. The average molecular weight is 270 g/mol. The Bertz CT molecular complexity index is 563. The van der Waals surface area contributed by atoms with E-state index in [0.717, 1.165) is 36.5 Å². The van der Waals surface area contributed by atoms with E-state index in [2.05, 4.69) is 28.2 Å². The Morgan fingerprint density at radius 3 is 3.00 bits per heavy atom. The number of hydrogen-bond donors (Lipinski definition) is 1. The summed E-state index contributed by atoms with van der Waals surface area (Å²) in [6, 6.07) is 8.72. The van der Waals surface area contributed by atoms with Gasteiger partial charge in [0.05, 0.1) is 5.52 Å². The van der Waals surface area contributed by atoms with E-state index in [0.29, 0.717) is 6.04 Å². The molecule has 4 nitrogen and oxygen atoms in total. The lowest BCUT2D eigenvalue weighted by Crippen LogP contribution is -2.44. The first-order valence-electron chi connectivity index (χ1n) is 7.57. The quantitative estimate of drug-likeness (QED) is 0.927. The number of piperidine rings is 1. The summed E-state index contributed by atoms with van der Waals surface area (Å²) >= 11 is 0. The van der Waals surface area contributed by atoms with Crippen molar-refractivity contribution in [2.24, 2.45) is 0 Å². The van der Waals surface area contributed by atoms with Crippen molar-refractivity contribution in [2.75, 3.05) is 24.5 Å². The van der Waals surface area contributed by atoms with Gasteiger partial charge in [-0.25, -0.2) is 9.97 Å². The maximum Gasteiger partial charge on any atom is 0.225 e. The number of benzene rings is 1. The lowest BCUT2D eigenvalue weighted by atomic mass is 10.0. The van der Waals surface area contributed by atoms with Crippen molar-refractivity contribution in [1.29, 1.82) is 0 Å². The van der Waals surface area contributed by atoms with Gasteiger partial charge in [0.2, 0.25) is 5.95 Å². The molecular formula is C16H22N4. The van der Waals surface area contributed by atoms with Crippen LogP contribution in [-0.2, 0) is 0 Å². The summed E-state index contributed by atoms with van der Waals surface area (Å²) in [7, 11) is 0. The monoisotopic (exact) mass is 270 g/mol. The molecule has 2 heterocycles. The zero-order chi connectivity index (χ0) is 13.8. The van der Waals surface area contributed by atoms with Gasteiger partial charge in [0, 0.05) is 30.7 Å². The van der Waals surface area contributed by atoms with E-state index in [4.69, 9.17) is 4.98 Å². The molecule has 1 aromatic heterocycles. The predicted molar refractivity (Wildman–Crippen MR) is 83.1 cm³/mol. The Morgan fingerprint density at radius 1 is 1.30 bits per heavy atom. The van der Waals surface area contributed by atoms with Gasteiger partial charge >= 0.3 is 0 Å². The highest BCUT2D eigenvalue weighted by atomic mass is 15.3. The number of aromatic nitrogens is 2. The van der Waals surface area contributed by atoms with Crippen LogP contribution in [0.5, 0.6) is 0 Å². The third-order valence-electron chi connectivity index (χ3n) is 3.99. The van der Waals surface area contributed by atoms with Crippen molar-refractivity contribution in [3.8, 4) is 0 Å². The van der Waals surface area contributed by atoms with Crippen LogP contribution in [-0.4, -0.2) is 35.6 Å². The number of fused-ring (bicyclic) bond motifs is 1. The highest BCUT2D eigenvalue weighted by molar-refractivity contribution is 5.78. The largest absolute Gasteiger partial charge is 0.340 e. The zero-order valence-corrected chi connectivity index (χ0v) is 12.0. The van der Waals surface area contributed by atoms with Gasteiger partial charge in [-0.1, -0.05) is 24.6 Å². The SMILES string of the molecule is CCN(CC1CCCCN1)c1ncc2ccccc2n1. The molecule has 0 spiro atoms. The molecule has 1 fully saturated rings. The fourth-order valence-electron chi connectivity index (χ4n) is 2.81. The Balaban J connectivity index is 1.79. The molecule has 1 unspecified atom stereocenters. The van der Waals surface area contributed by atoms with E-state index < -0.39 is 0 Å². The van der Waals surface area contributed by atoms with Crippen molar-refractivity contribution in [3.63, 3.8) is 0 Å². The second kappa shape index (κ2) is 6.18. The lowest BCUT2D eigenvalue weighted by Gasteiger charge is -2.30. The fourth-order valence-corrected chi connectivity index (χ4v) is 2.81. The molecule has 1 aromatic carbocycles. The summed E-state index contributed by atoms with van der Waals surface area (Å²) in [6.45, 7) is 5.24. The number of rotatable bonds is 4. The highest BCUT2D eigenvalue weighted by Crippen LogP contribution is 2.16. The molecule has 1 aliphatic rings. The molecule has 1 N–H and O–H groups in total. The predicted octanol–water partition coefficient (Wildman–Crippen LogP) is 2.60. The van der Waals surface area contributed by atoms with Crippen LogP contribution in [0.25, 0.3) is 10.9 Å². The fraction of sp³-hybridized carbons (Fsp3) is 0.500. The number of likely N-dealkylation sites (N-methyl/N-ethyl adjacent to an activating group) is 1. The molecule has 0 amide bonds. The van der Waals surface area contributed by atoms with Gasteiger partial charge < -0.3 is 10.2 Å². The van der Waals surface area contributed by atoms with E-state index in [1.807, 2.05) is 24.4 Å². The van der Waals surface area contributed by atoms with Gasteiger partial charge in [-0.3, -0.25) is 0 Å². The van der Waals surface area contributed by atoms with Gasteiger partial charge in [-0.2, -0.15) is 0 Å². The molecule has 1 saturated heterocycles. The first-order valence-corrected chi connectivity index (χ1v) is 7.57. The molecule has 106 valence electrons. The van der Waals surface area contributed by atoms with E-state index in [-0.39, 0.29) is 0 Å². The van der Waals surface area contributed by atoms with E-state index in [1.165, 1.54) is 19.3 Å². The standard InChI is InChI=1S/C16H22N4/c1-2-20(12-14-8-5-6-10-17-14)16-18-11-13-7-3-4-9-15(13)19-16/h3-4,7,9,11,14,17H,2,5-6,8,10,12H2,1H3. The Labute approximate surface area is 120 Å². The summed E-state index contributed by atoms with van der Waals surface area (Å²) < 4.78 is 0. The van der Waals surface area contributed by atoms with Crippen LogP contribution in [0.2, 0.25) is 0 Å². The second-order valence-electron chi connectivity index (χ2n) is 5.41. The summed E-state index contributed by atoms with van der Waals surface area (Å²) in [5.41, 5.74) is 1.02. The number of hydrogen-bond acceptors (Lipinski definition) is 4. The highest BCUT2D eigenvalue weighted by Gasteiger charge is 2.17.